The van der Waals surface area contributed by atoms with Crippen molar-refractivity contribution in [1.29, 1.82) is 0 Å². The van der Waals surface area contributed by atoms with Gasteiger partial charge in [-0.05, 0) is 6.26 Å². The molecule has 0 aromatic carbocycles. The summed E-state index contributed by atoms with van der Waals surface area (Å²) in [6.45, 7) is 1.96. The highest BCUT2D eigenvalue weighted by Crippen LogP contribution is 1.89. The van der Waals surface area contributed by atoms with E-state index in [1.165, 1.54) is 0 Å². The van der Waals surface area contributed by atoms with E-state index in [0.717, 1.165) is 0 Å². The Morgan fingerprint density at radius 1 is 1.80 bits per heavy atom. The summed E-state index contributed by atoms with van der Waals surface area (Å²) in [5, 5.41) is 0. The smallest absolute Gasteiger partial charge is 0.282 e. The largest absolute Gasteiger partial charge is 0.361 e. The zero-order chi connectivity index (χ0) is 4.28. The quantitative estimate of drug-likeness (QED) is 0.471. The van der Waals surface area contributed by atoms with Crippen LogP contribution in [0, 0.1) is 0 Å². The molecule has 0 atom stereocenters. The van der Waals surface area contributed by atoms with Crippen molar-refractivity contribution in [3.05, 3.63) is 0 Å². The molecule has 0 saturated heterocycles. The number of hydrogen-bond acceptors (Lipinski definition) is 2. The second-order valence-electron chi connectivity index (χ2n) is 0.941. The van der Waals surface area contributed by atoms with E-state index in [1.54, 1.807) is 11.6 Å². The minimum atomic E-state index is 0.301. The lowest BCUT2D eigenvalue weighted by Gasteiger charge is -1.85. The van der Waals surface area contributed by atoms with Gasteiger partial charge in [0, 0.05) is 0 Å². The fraction of sp³-hybridized carbons (Fsp3) is 1.00. The lowest BCUT2D eigenvalue weighted by molar-refractivity contribution is 1.86. The summed E-state index contributed by atoms with van der Waals surface area (Å²) in [5.74, 6) is 0. The Kier molecular flexibility index (Phi) is 2.80. The molecular weight excluding hydrogens is 80.9 g/mol. The molecule has 3 heteroatoms. The van der Waals surface area contributed by atoms with Crippen LogP contribution in [0.2, 0.25) is 6.82 Å². The molecule has 0 bridgehead atoms. The molecule has 0 aliphatic heterocycles. The molecule has 0 spiro atoms. The van der Waals surface area contributed by atoms with Gasteiger partial charge in [0.2, 0.25) is 0 Å². The van der Waals surface area contributed by atoms with Gasteiger partial charge in [-0.1, -0.05) is 6.82 Å². The Morgan fingerprint density at radius 3 is 2.00 bits per heavy atom. The average Bonchev–Trinajstić information content (AvgIpc) is 1.38. The standard InChI is InChI=1S/C2H8BNS/c1-3(4)5-2/h4H2,1-2H3. The molecule has 0 amide bonds. The maximum absolute atomic E-state index is 5.25. The van der Waals surface area contributed by atoms with Gasteiger partial charge >= 0.3 is 0 Å². The minimum absolute atomic E-state index is 0.301. The molecule has 0 heterocycles. The number of hydrogen-bond donors (Lipinski definition) is 1. The zero-order valence-electron chi connectivity index (χ0n) is 3.56. The molecule has 30 valence electrons. The molecule has 0 aliphatic rings. The van der Waals surface area contributed by atoms with Gasteiger partial charge in [-0.25, -0.2) is 0 Å². The lowest BCUT2D eigenvalue weighted by Crippen LogP contribution is -2.14. The maximum atomic E-state index is 5.25. The van der Waals surface area contributed by atoms with E-state index in [0.29, 0.717) is 6.13 Å². The molecule has 0 aliphatic carbocycles. The van der Waals surface area contributed by atoms with Crippen molar-refractivity contribution >= 4 is 17.7 Å². The van der Waals surface area contributed by atoms with Crippen molar-refractivity contribution in [3.8, 4) is 0 Å². The molecule has 0 aromatic heterocycles. The van der Waals surface area contributed by atoms with Crippen LogP contribution in [0.15, 0.2) is 0 Å². The summed E-state index contributed by atoms with van der Waals surface area (Å²) < 4.78 is 0. The topological polar surface area (TPSA) is 26.0 Å². The molecule has 0 aromatic rings. The van der Waals surface area contributed by atoms with Crippen LogP contribution in [0.4, 0.5) is 0 Å². The van der Waals surface area contributed by atoms with Crippen molar-refractivity contribution in [3.63, 3.8) is 0 Å². The van der Waals surface area contributed by atoms with Crippen LogP contribution in [-0.4, -0.2) is 12.4 Å². The van der Waals surface area contributed by atoms with E-state index < -0.39 is 0 Å². The number of rotatable bonds is 1. The van der Waals surface area contributed by atoms with Crippen LogP contribution in [0.3, 0.4) is 0 Å². The molecule has 0 radical (unpaired) electrons. The van der Waals surface area contributed by atoms with Crippen LogP contribution in [0.25, 0.3) is 0 Å². The van der Waals surface area contributed by atoms with E-state index in [1.807, 2.05) is 13.1 Å². The third-order valence-corrected chi connectivity index (χ3v) is 1.12. The van der Waals surface area contributed by atoms with E-state index in [9.17, 15) is 0 Å². The third-order valence-electron chi connectivity index (χ3n) is 0.372. The molecule has 0 saturated carbocycles. The summed E-state index contributed by atoms with van der Waals surface area (Å²) in [6.07, 6.45) is 2.29. The highest BCUT2D eigenvalue weighted by atomic mass is 32.2. The molecule has 5 heavy (non-hydrogen) atoms. The van der Waals surface area contributed by atoms with E-state index >= 15 is 0 Å². The third kappa shape index (κ3) is 4.37. The van der Waals surface area contributed by atoms with Crippen LogP contribution in [-0.2, 0) is 0 Å². The SMILES string of the molecule is CSB(C)N. The van der Waals surface area contributed by atoms with Crippen molar-refractivity contribution in [2.24, 2.45) is 5.64 Å². The lowest BCUT2D eigenvalue weighted by atomic mass is 10.0. The number of nitrogens with two attached hydrogens (primary N) is 1. The summed E-state index contributed by atoms with van der Waals surface area (Å²) in [4.78, 5) is 0. The summed E-state index contributed by atoms with van der Waals surface area (Å²) in [5.41, 5.74) is 5.25. The van der Waals surface area contributed by atoms with Gasteiger partial charge in [0.15, 0.2) is 0 Å². The van der Waals surface area contributed by atoms with Crippen LogP contribution in [0.5, 0.6) is 0 Å². The highest BCUT2D eigenvalue weighted by Gasteiger charge is 1.89. The fourth-order valence-electron chi connectivity index (χ4n) is 0. The van der Waals surface area contributed by atoms with E-state index in [2.05, 4.69) is 0 Å². The van der Waals surface area contributed by atoms with Gasteiger partial charge < -0.3 is 5.64 Å². The van der Waals surface area contributed by atoms with Gasteiger partial charge in [0.05, 0.1) is 0 Å². The second kappa shape index (κ2) is 2.60. The Hall–Kier alpha value is 0.375. The minimum Gasteiger partial charge on any atom is -0.361 e. The van der Waals surface area contributed by atoms with Gasteiger partial charge in [0.1, 0.15) is 0 Å². The van der Waals surface area contributed by atoms with E-state index in [-0.39, 0.29) is 0 Å². The van der Waals surface area contributed by atoms with Gasteiger partial charge in [0.25, 0.3) is 6.13 Å². The Labute approximate surface area is 37.3 Å². The summed E-state index contributed by atoms with van der Waals surface area (Å²) in [6, 6.07) is 0. The molecule has 1 nitrogen and oxygen atoms in total. The van der Waals surface area contributed by atoms with Crippen molar-refractivity contribution in [1.82, 2.24) is 0 Å². The van der Waals surface area contributed by atoms with Gasteiger partial charge in [-0.3, -0.25) is 0 Å². The first kappa shape index (κ1) is 5.37. The maximum Gasteiger partial charge on any atom is 0.282 e. The first-order valence-electron chi connectivity index (χ1n) is 1.55. The molecule has 0 unspecified atom stereocenters. The van der Waals surface area contributed by atoms with Crippen LogP contribution >= 0.6 is 11.6 Å². The Morgan fingerprint density at radius 2 is 2.00 bits per heavy atom. The average molecular weight is 89.0 g/mol. The summed E-state index contributed by atoms with van der Waals surface area (Å²) in [7, 11) is 0. The molecular formula is C2H8BNS. The Balaban J connectivity index is 2.54. The fourth-order valence-corrected chi connectivity index (χ4v) is 0. The first-order chi connectivity index (χ1) is 2.27. The predicted molar refractivity (Wildman–Crippen MR) is 29.3 cm³/mol. The van der Waals surface area contributed by atoms with Crippen LogP contribution < -0.4 is 5.64 Å². The first-order valence-corrected chi connectivity index (χ1v) is 2.84. The predicted octanol–water partition coefficient (Wildman–Crippen LogP) is 0.426. The highest BCUT2D eigenvalue weighted by molar-refractivity contribution is 8.24. The monoisotopic (exact) mass is 89.0 g/mol. The zero-order valence-corrected chi connectivity index (χ0v) is 4.38. The molecule has 0 rings (SSSR count). The second-order valence-corrected chi connectivity index (χ2v) is 2.16. The van der Waals surface area contributed by atoms with Gasteiger partial charge in [-0.15, -0.1) is 0 Å². The van der Waals surface area contributed by atoms with E-state index in [4.69, 9.17) is 5.64 Å². The van der Waals surface area contributed by atoms with Crippen molar-refractivity contribution in [2.75, 3.05) is 6.26 Å². The molecule has 2 N–H and O–H groups in total. The summed E-state index contributed by atoms with van der Waals surface area (Å²) >= 11 is 1.66. The normalized spacial score (nSPS) is 7.80. The van der Waals surface area contributed by atoms with Crippen molar-refractivity contribution < 1.29 is 0 Å². The van der Waals surface area contributed by atoms with Crippen LogP contribution in [0.1, 0.15) is 0 Å². The van der Waals surface area contributed by atoms with Crippen molar-refractivity contribution in [2.45, 2.75) is 6.82 Å². The molecule has 0 fully saturated rings. The Bertz CT molecular complexity index is 23.6. The van der Waals surface area contributed by atoms with Gasteiger partial charge in [-0.2, -0.15) is 11.6 Å².